The van der Waals surface area contributed by atoms with E-state index < -0.39 is 0 Å². The number of morpholine rings is 1. The van der Waals surface area contributed by atoms with Crippen LogP contribution in [0.3, 0.4) is 0 Å². The Labute approximate surface area is 111 Å². The van der Waals surface area contributed by atoms with Crippen molar-refractivity contribution in [1.29, 1.82) is 0 Å². The Hall–Kier alpha value is -0.720. The van der Waals surface area contributed by atoms with Gasteiger partial charge in [-0.05, 0) is 5.92 Å². The topological polar surface area (TPSA) is 51.4 Å². The molecule has 0 saturated carbocycles. The molecule has 2 N–H and O–H groups in total. The summed E-state index contributed by atoms with van der Waals surface area (Å²) in [5.41, 5.74) is 6.77. The van der Waals surface area contributed by atoms with Gasteiger partial charge >= 0.3 is 0 Å². The number of rotatable bonds is 3. The summed E-state index contributed by atoms with van der Waals surface area (Å²) in [7, 11) is 0. The second-order valence-corrected chi connectivity index (χ2v) is 5.75. The van der Waals surface area contributed by atoms with Crippen molar-refractivity contribution in [3.63, 3.8) is 0 Å². The maximum Gasteiger partial charge on any atom is 0.186 e. The number of aromatic nitrogens is 1. The summed E-state index contributed by atoms with van der Waals surface area (Å²) in [5.74, 6) is 0.345. The minimum absolute atomic E-state index is 0.345. The molecule has 0 unspecified atom stereocenters. The van der Waals surface area contributed by atoms with Gasteiger partial charge in [0.25, 0.3) is 0 Å². The third-order valence-electron chi connectivity index (χ3n) is 2.69. The van der Waals surface area contributed by atoms with E-state index in [4.69, 9.17) is 22.7 Å². The normalized spacial score (nSPS) is 16.5. The molecule has 2 rings (SSSR count). The number of nitrogens with two attached hydrogens (primary N) is 1. The van der Waals surface area contributed by atoms with Crippen molar-refractivity contribution < 1.29 is 4.74 Å². The van der Waals surface area contributed by atoms with Gasteiger partial charge in [-0.15, -0.1) is 0 Å². The summed E-state index contributed by atoms with van der Waals surface area (Å²) >= 11 is 6.68. The van der Waals surface area contributed by atoms with Crippen molar-refractivity contribution in [2.75, 3.05) is 31.2 Å². The van der Waals surface area contributed by atoms with E-state index in [2.05, 4.69) is 23.7 Å². The van der Waals surface area contributed by atoms with Crippen molar-refractivity contribution in [2.24, 2.45) is 5.73 Å². The molecule has 1 aromatic heterocycles. The molecule has 1 aliphatic rings. The lowest BCUT2D eigenvalue weighted by molar-refractivity contribution is 0.122. The molecule has 2 heterocycles. The Balaban J connectivity index is 2.29. The van der Waals surface area contributed by atoms with Crippen LogP contribution in [0.15, 0.2) is 0 Å². The van der Waals surface area contributed by atoms with Crippen LogP contribution in [0.5, 0.6) is 0 Å². The Morgan fingerprint density at radius 2 is 2.12 bits per heavy atom. The van der Waals surface area contributed by atoms with Crippen LogP contribution < -0.4 is 10.6 Å². The number of nitrogens with zero attached hydrogens (tertiary/aromatic N) is 2. The summed E-state index contributed by atoms with van der Waals surface area (Å²) in [5, 5.41) is 1.01. The lowest BCUT2D eigenvalue weighted by Crippen LogP contribution is -2.36. The third kappa shape index (κ3) is 2.75. The van der Waals surface area contributed by atoms with E-state index >= 15 is 0 Å². The number of anilines is 1. The Kier molecular flexibility index (Phi) is 3.96. The fourth-order valence-electron chi connectivity index (χ4n) is 1.78. The van der Waals surface area contributed by atoms with Crippen molar-refractivity contribution in [2.45, 2.75) is 19.8 Å². The van der Waals surface area contributed by atoms with E-state index in [1.54, 1.807) is 11.3 Å². The first kappa shape index (κ1) is 12.7. The molecular weight excluding hydrogens is 254 g/mol. The smallest absolute Gasteiger partial charge is 0.186 e. The van der Waals surface area contributed by atoms with Crippen LogP contribution in [0.1, 0.15) is 30.3 Å². The minimum atomic E-state index is 0.345. The molecule has 1 aliphatic heterocycles. The van der Waals surface area contributed by atoms with Crippen molar-refractivity contribution in [1.82, 2.24) is 4.98 Å². The van der Waals surface area contributed by atoms with E-state index in [1.807, 2.05) is 0 Å². The van der Waals surface area contributed by atoms with Gasteiger partial charge in [0.05, 0.1) is 23.8 Å². The number of hydrogen-bond donors (Lipinski definition) is 1. The summed E-state index contributed by atoms with van der Waals surface area (Å²) < 4.78 is 5.34. The average Bonchev–Trinajstić information content (AvgIpc) is 2.75. The fraction of sp³-hybridized carbons (Fsp3) is 0.636. The molecule has 0 atom stereocenters. The van der Waals surface area contributed by atoms with Gasteiger partial charge in [0.2, 0.25) is 0 Å². The number of ether oxygens (including phenoxy) is 1. The number of hydrogen-bond acceptors (Lipinski definition) is 5. The first-order chi connectivity index (χ1) is 8.09. The van der Waals surface area contributed by atoms with Gasteiger partial charge in [0.15, 0.2) is 5.13 Å². The van der Waals surface area contributed by atoms with Crippen LogP contribution in [-0.4, -0.2) is 36.3 Å². The quantitative estimate of drug-likeness (QED) is 0.849. The predicted molar refractivity (Wildman–Crippen MR) is 75.1 cm³/mol. The van der Waals surface area contributed by atoms with Crippen LogP contribution in [-0.2, 0) is 4.74 Å². The molecule has 94 valence electrons. The highest BCUT2D eigenvalue weighted by atomic mass is 32.1. The summed E-state index contributed by atoms with van der Waals surface area (Å²) in [6.07, 6.45) is 0. The molecule has 17 heavy (non-hydrogen) atoms. The molecular formula is C11H17N3OS2. The number of thiazole rings is 1. The van der Waals surface area contributed by atoms with E-state index in [0.29, 0.717) is 10.9 Å². The van der Waals surface area contributed by atoms with E-state index in [0.717, 1.165) is 42.0 Å². The van der Waals surface area contributed by atoms with Crippen LogP contribution >= 0.6 is 23.6 Å². The Morgan fingerprint density at radius 1 is 1.47 bits per heavy atom. The zero-order valence-electron chi connectivity index (χ0n) is 10.1. The highest BCUT2D eigenvalue weighted by Crippen LogP contribution is 2.31. The van der Waals surface area contributed by atoms with Crippen molar-refractivity contribution in [3.8, 4) is 0 Å². The molecule has 0 aromatic carbocycles. The molecule has 4 nitrogen and oxygen atoms in total. The van der Waals surface area contributed by atoms with Gasteiger partial charge in [-0.1, -0.05) is 37.4 Å². The van der Waals surface area contributed by atoms with Gasteiger partial charge in [-0.3, -0.25) is 0 Å². The molecule has 0 radical (unpaired) electrons. The zero-order chi connectivity index (χ0) is 12.4. The highest BCUT2D eigenvalue weighted by molar-refractivity contribution is 7.81. The van der Waals surface area contributed by atoms with Crippen LogP contribution in [0, 0.1) is 0 Å². The van der Waals surface area contributed by atoms with Crippen LogP contribution in [0.25, 0.3) is 0 Å². The Morgan fingerprint density at radius 3 is 2.59 bits per heavy atom. The number of thiocarbonyl (C=S) groups is 1. The van der Waals surface area contributed by atoms with E-state index in [9.17, 15) is 0 Å². The van der Waals surface area contributed by atoms with Gasteiger partial charge < -0.3 is 15.4 Å². The second-order valence-electron chi connectivity index (χ2n) is 4.33. The van der Waals surface area contributed by atoms with Crippen LogP contribution in [0.4, 0.5) is 5.13 Å². The summed E-state index contributed by atoms with van der Waals surface area (Å²) in [6, 6.07) is 0. The summed E-state index contributed by atoms with van der Waals surface area (Å²) in [4.78, 5) is 8.32. The summed E-state index contributed by atoms with van der Waals surface area (Å²) in [6.45, 7) is 7.53. The molecule has 0 bridgehead atoms. The molecule has 1 aromatic rings. The Bertz CT molecular complexity index is 411. The van der Waals surface area contributed by atoms with E-state index in [-0.39, 0.29) is 0 Å². The first-order valence-electron chi connectivity index (χ1n) is 5.73. The monoisotopic (exact) mass is 271 g/mol. The maximum absolute atomic E-state index is 5.75. The van der Waals surface area contributed by atoms with Crippen molar-refractivity contribution >= 4 is 33.7 Å². The molecule has 0 amide bonds. The van der Waals surface area contributed by atoms with Gasteiger partial charge in [0.1, 0.15) is 4.99 Å². The van der Waals surface area contributed by atoms with E-state index in [1.165, 1.54) is 0 Å². The second kappa shape index (κ2) is 5.29. The lowest BCUT2D eigenvalue weighted by Gasteiger charge is -2.26. The van der Waals surface area contributed by atoms with Gasteiger partial charge in [-0.25, -0.2) is 4.98 Å². The van der Waals surface area contributed by atoms with Crippen molar-refractivity contribution in [3.05, 3.63) is 10.6 Å². The standard InChI is InChI=1S/C11H17N3OS2/c1-7(2)8-9(10(12)16)17-11(13-8)14-3-5-15-6-4-14/h7H,3-6H2,1-2H3,(H2,12,16). The molecule has 0 aliphatic carbocycles. The average molecular weight is 271 g/mol. The first-order valence-corrected chi connectivity index (χ1v) is 6.95. The van der Waals surface area contributed by atoms with Gasteiger partial charge in [-0.2, -0.15) is 0 Å². The molecule has 6 heteroatoms. The van der Waals surface area contributed by atoms with Crippen LogP contribution in [0.2, 0.25) is 0 Å². The lowest BCUT2D eigenvalue weighted by atomic mass is 10.1. The predicted octanol–water partition coefficient (Wildman–Crippen LogP) is 1.74. The molecule has 1 fully saturated rings. The third-order valence-corrected chi connectivity index (χ3v) is 4.19. The largest absolute Gasteiger partial charge is 0.389 e. The zero-order valence-corrected chi connectivity index (χ0v) is 11.7. The van der Waals surface area contributed by atoms with Gasteiger partial charge in [0, 0.05) is 13.1 Å². The molecule has 0 spiro atoms. The molecule has 1 saturated heterocycles. The maximum atomic E-state index is 5.75. The highest BCUT2D eigenvalue weighted by Gasteiger charge is 2.20. The minimum Gasteiger partial charge on any atom is -0.389 e. The SMILES string of the molecule is CC(C)c1nc(N2CCOCC2)sc1C(N)=S. The fourth-order valence-corrected chi connectivity index (χ4v) is 3.13.